The van der Waals surface area contributed by atoms with Crippen LogP contribution in [0.15, 0.2) is 18.2 Å². The van der Waals surface area contributed by atoms with Crippen molar-refractivity contribution in [3.8, 4) is 6.07 Å². The number of carbonyl (C=O) groups excluding carboxylic acids is 1. The van der Waals surface area contributed by atoms with E-state index in [0.29, 0.717) is 24.5 Å². The van der Waals surface area contributed by atoms with Crippen LogP contribution >= 0.6 is 0 Å². The molecule has 0 spiro atoms. The Hall–Kier alpha value is -1.94. The number of halogens is 1. The lowest BCUT2D eigenvalue weighted by Gasteiger charge is -2.27. The highest BCUT2D eigenvalue weighted by Gasteiger charge is 2.24. The Morgan fingerprint density at radius 3 is 3.00 bits per heavy atom. The lowest BCUT2D eigenvalue weighted by atomic mass is 10.2. The van der Waals surface area contributed by atoms with Gasteiger partial charge in [0, 0.05) is 34.9 Å². The number of urea groups is 1. The molecule has 2 rings (SSSR count). The molecule has 0 unspecified atom stereocenters. The molecular weight excluding hydrogens is 293 g/mol. The summed E-state index contributed by atoms with van der Waals surface area (Å²) in [7, 11) is -0.895. The number of nitriles is 1. The molecule has 1 N–H and O–H groups in total. The molecule has 0 aromatic heterocycles. The van der Waals surface area contributed by atoms with E-state index in [4.69, 9.17) is 5.26 Å². The van der Waals surface area contributed by atoms with Crippen molar-refractivity contribution < 1.29 is 13.4 Å². The summed E-state index contributed by atoms with van der Waals surface area (Å²) in [6, 6.07) is 5.11. The van der Waals surface area contributed by atoms with E-state index in [2.05, 4.69) is 5.32 Å². The number of nitrogens with zero attached hydrogens (tertiary/aromatic N) is 2. The van der Waals surface area contributed by atoms with Gasteiger partial charge in [-0.3, -0.25) is 4.21 Å². The smallest absolute Gasteiger partial charge is 0.321 e. The number of amides is 2. The Balaban J connectivity index is 2.14. The molecule has 1 fully saturated rings. The average molecular weight is 309 g/mol. The fourth-order valence-corrected chi connectivity index (χ4v) is 3.40. The number of carbonyl (C=O) groups is 1. The van der Waals surface area contributed by atoms with Crippen molar-refractivity contribution in [3.05, 3.63) is 29.6 Å². The summed E-state index contributed by atoms with van der Waals surface area (Å²) in [5.41, 5.74) is 0.357. The first-order valence-corrected chi connectivity index (χ1v) is 8.12. The average Bonchev–Trinajstić information content (AvgIpc) is 2.63. The first-order chi connectivity index (χ1) is 10.0. The minimum Gasteiger partial charge on any atom is -0.321 e. The molecule has 1 aliphatic heterocycles. The Morgan fingerprint density at radius 2 is 2.29 bits per heavy atom. The highest BCUT2D eigenvalue weighted by Crippen LogP contribution is 2.18. The molecule has 2 amide bonds. The number of rotatable bonds is 1. The van der Waals surface area contributed by atoms with E-state index in [1.807, 2.05) is 13.0 Å². The van der Waals surface area contributed by atoms with Gasteiger partial charge in [-0.15, -0.1) is 0 Å². The van der Waals surface area contributed by atoms with Gasteiger partial charge < -0.3 is 10.2 Å². The van der Waals surface area contributed by atoms with Gasteiger partial charge in [0.2, 0.25) is 0 Å². The summed E-state index contributed by atoms with van der Waals surface area (Å²) in [5.74, 6) is 0.514. The first-order valence-electron chi connectivity index (χ1n) is 6.63. The van der Waals surface area contributed by atoms with Gasteiger partial charge >= 0.3 is 6.03 Å². The van der Waals surface area contributed by atoms with Crippen molar-refractivity contribution in [2.24, 2.45) is 0 Å². The Morgan fingerprint density at radius 1 is 1.52 bits per heavy atom. The van der Waals surface area contributed by atoms with Crippen molar-refractivity contribution in [1.29, 1.82) is 5.26 Å². The van der Waals surface area contributed by atoms with E-state index in [1.54, 1.807) is 4.90 Å². The molecule has 1 aliphatic rings. The fraction of sp³-hybridized carbons (Fsp3) is 0.429. The SMILES string of the molecule is C[C@@H]1CC[S@](=O)CCN1C(=O)Nc1ccc(F)cc1C#N. The van der Waals surface area contributed by atoms with E-state index in [0.717, 1.165) is 6.07 Å². The zero-order valence-electron chi connectivity index (χ0n) is 11.6. The quantitative estimate of drug-likeness (QED) is 0.863. The molecule has 1 saturated heterocycles. The standard InChI is InChI=1S/C14H16FN3O2S/c1-10-4-6-21(20)7-5-18(10)14(19)17-13-3-2-12(15)8-11(13)9-16/h2-3,8,10H,4-7H2,1H3,(H,17,19)/t10-,21+/m1/s1. The normalized spacial score (nSPS) is 22.2. The van der Waals surface area contributed by atoms with Crippen LogP contribution in [0.2, 0.25) is 0 Å². The van der Waals surface area contributed by atoms with Crippen molar-refractivity contribution in [1.82, 2.24) is 4.90 Å². The predicted octanol–water partition coefficient (Wildman–Crippen LogP) is 2.07. The summed E-state index contributed by atoms with van der Waals surface area (Å²) in [6.45, 7) is 2.31. The van der Waals surface area contributed by atoms with Crippen LogP contribution in [0.1, 0.15) is 18.9 Å². The molecule has 0 bridgehead atoms. The minimum atomic E-state index is -0.895. The Labute approximate surface area is 125 Å². The van der Waals surface area contributed by atoms with Crippen molar-refractivity contribution in [2.75, 3.05) is 23.4 Å². The Kier molecular flexibility index (Phi) is 4.91. The van der Waals surface area contributed by atoms with Gasteiger partial charge in [-0.2, -0.15) is 5.26 Å². The van der Waals surface area contributed by atoms with E-state index < -0.39 is 16.6 Å². The first kappa shape index (κ1) is 15.4. The van der Waals surface area contributed by atoms with Crippen molar-refractivity contribution in [2.45, 2.75) is 19.4 Å². The van der Waals surface area contributed by atoms with Gasteiger partial charge in [0.25, 0.3) is 0 Å². The number of nitrogens with one attached hydrogen (secondary N) is 1. The molecule has 0 saturated carbocycles. The van der Waals surface area contributed by atoms with Crippen LogP contribution in [-0.2, 0) is 10.8 Å². The second-order valence-corrected chi connectivity index (χ2v) is 6.61. The lowest BCUT2D eigenvalue weighted by molar-refractivity contribution is 0.197. The van der Waals surface area contributed by atoms with Crippen molar-refractivity contribution in [3.63, 3.8) is 0 Å². The summed E-state index contributed by atoms with van der Waals surface area (Å²) in [4.78, 5) is 13.9. The van der Waals surface area contributed by atoms with E-state index in [1.165, 1.54) is 12.1 Å². The second-order valence-electron chi connectivity index (χ2n) is 4.91. The van der Waals surface area contributed by atoms with Crippen molar-refractivity contribution >= 4 is 22.5 Å². The van der Waals surface area contributed by atoms with Gasteiger partial charge in [0.05, 0.1) is 11.3 Å². The lowest BCUT2D eigenvalue weighted by Crippen LogP contribution is -2.42. The van der Waals surface area contributed by atoms with E-state index in [-0.39, 0.29) is 23.3 Å². The predicted molar refractivity (Wildman–Crippen MR) is 78.8 cm³/mol. The highest BCUT2D eigenvalue weighted by atomic mass is 32.2. The maximum atomic E-state index is 13.1. The molecular formula is C14H16FN3O2S. The van der Waals surface area contributed by atoms with Gasteiger partial charge in [0.1, 0.15) is 11.9 Å². The van der Waals surface area contributed by atoms with Crippen LogP contribution in [0, 0.1) is 17.1 Å². The van der Waals surface area contributed by atoms with Crippen LogP contribution < -0.4 is 5.32 Å². The van der Waals surface area contributed by atoms with Gasteiger partial charge in [-0.25, -0.2) is 9.18 Å². The molecule has 0 radical (unpaired) electrons. The van der Waals surface area contributed by atoms with E-state index in [9.17, 15) is 13.4 Å². The van der Waals surface area contributed by atoms with Crippen LogP contribution in [0.3, 0.4) is 0 Å². The van der Waals surface area contributed by atoms with Crippen LogP contribution in [-0.4, -0.2) is 39.2 Å². The maximum Gasteiger partial charge on any atom is 0.322 e. The van der Waals surface area contributed by atoms with Crippen LogP contribution in [0.25, 0.3) is 0 Å². The topological polar surface area (TPSA) is 73.2 Å². The summed E-state index contributed by atoms with van der Waals surface area (Å²) in [5, 5.41) is 11.6. The number of hydrogen-bond donors (Lipinski definition) is 1. The molecule has 1 aromatic carbocycles. The minimum absolute atomic E-state index is 0.0255. The number of benzene rings is 1. The third kappa shape index (κ3) is 3.79. The fourth-order valence-electron chi connectivity index (χ4n) is 2.19. The van der Waals surface area contributed by atoms with Crippen LogP contribution in [0.4, 0.5) is 14.9 Å². The molecule has 112 valence electrons. The molecule has 5 nitrogen and oxygen atoms in total. The number of anilines is 1. The summed E-state index contributed by atoms with van der Waals surface area (Å²) in [6.07, 6.45) is 0.675. The molecule has 21 heavy (non-hydrogen) atoms. The second kappa shape index (κ2) is 6.68. The molecule has 1 heterocycles. The summed E-state index contributed by atoms with van der Waals surface area (Å²) >= 11 is 0. The van der Waals surface area contributed by atoms with Gasteiger partial charge in [-0.1, -0.05) is 0 Å². The Bertz CT molecular complexity index is 615. The third-order valence-electron chi connectivity index (χ3n) is 3.46. The third-order valence-corrected chi connectivity index (χ3v) is 4.79. The van der Waals surface area contributed by atoms with E-state index >= 15 is 0 Å². The van der Waals surface area contributed by atoms with Gasteiger partial charge in [-0.05, 0) is 31.5 Å². The molecule has 0 aliphatic carbocycles. The zero-order valence-corrected chi connectivity index (χ0v) is 12.5. The highest BCUT2D eigenvalue weighted by molar-refractivity contribution is 7.85. The number of hydrogen-bond acceptors (Lipinski definition) is 3. The maximum absolute atomic E-state index is 13.1. The largest absolute Gasteiger partial charge is 0.322 e. The monoisotopic (exact) mass is 309 g/mol. The molecule has 2 atom stereocenters. The zero-order chi connectivity index (χ0) is 15.4. The van der Waals surface area contributed by atoms with Crippen LogP contribution in [0.5, 0.6) is 0 Å². The summed E-state index contributed by atoms with van der Waals surface area (Å²) < 4.78 is 24.6. The molecule has 7 heteroatoms. The molecule has 1 aromatic rings. The van der Waals surface area contributed by atoms with Gasteiger partial charge in [0.15, 0.2) is 0 Å².